The van der Waals surface area contributed by atoms with Gasteiger partial charge in [-0.2, -0.15) is 0 Å². The number of benzene rings is 1. The maximum absolute atomic E-state index is 11.1. The molecular formula is C12H17ClN4O2. The van der Waals surface area contributed by atoms with Crippen molar-refractivity contribution in [2.75, 3.05) is 38.1 Å². The Kier molecular flexibility index (Phi) is 4.24. The molecule has 2 rings (SSSR count). The zero-order valence-corrected chi connectivity index (χ0v) is 11.5. The van der Waals surface area contributed by atoms with Crippen LogP contribution in [0.1, 0.15) is 0 Å². The molecule has 0 amide bonds. The standard InChI is InChI=1S/C12H17ClN4O2/c1-15-4-5-16(10(7-14)8-15)12-6-9(13)2-3-11(12)17(18)19/h2-3,6,10H,4-5,7-8,14H2,1H3. The van der Waals surface area contributed by atoms with Gasteiger partial charge in [-0.25, -0.2) is 0 Å². The highest BCUT2D eigenvalue weighted by atomic mass is 35.5. The Balaban J connectivity index is 2.39. The smallest absolute Gasteiger partial charge is 0.292 e. The molecule has 1 aliphatic rings. The number of anilines is 1. The molecule has 0 radical (unpaired) electrons. The van der Waals surface area contributed by atoms with Gasteiger partial charge in [0.05, 0.1) is 11.0 Å². The second-order valence-electron chi connectivity index (χ2n) is 4.74. The zero-order valence-electron chi connectivity index (χ0n) is 10.8. The quantitative estimate of drug-likeness (QED) is 0.669. The van der Waals surface area contributed by atoms with E-state index >= 15 is 0 Å². The Morgan fingerprint density at radius 1 is 1.53 bits per heavy atom. The highest BCUT2D eigenvalue weighted by molar-refractivity contribution is 6.31. The third-order valence-corrected chi connectivity index (χ3v) is 3.64. The van der Waals surface area contributed by atoms with Crippen molar-refractivity contribution in [1.82, 2.24) is 4.90 Å². The maximum Gasteiger partial charge on any atom is 0.292 e. The summed E-state index contributed by atoms with van der Waals surface area (Å²) in [5.41, 5.74) is 6.42. The molecule has 1 unspecified atom stereocenters. The Labute approximate surface area is 116 Å². The SMILES string of the molecule is CN1CCN(c2cc(Cl)ccc2[N+](=O)[O-])C(CN)C1. The van der Waals surface area contributed by atoms with Gasteiger partial charge < -0.3 is 15.5 Å². The average Bonchev–Trinajstić information content (AvgIpc) is 2.38. The fourth-order valence-electron chi connectivity index (χ4n) is 2.41. The molecule has 2 N–H and O–H groups in total. The van der Waals surface area contributed by atoms with Crippen LogP contribution in [-0.2, 0) is 0 Å². The van der Waals surface area contributed by atoms with Crippen LogP contribution in [0.4, 0.5) is 11.4 Å². The van der Waals surface area contributed by atoms with Crippen LogP contribution in [0.2, 0.25) is 5.02 Å². The molecule has 1 heterocycles. The van der Waals surface area contributed by atoms with E-state index in [2.05, 4.69) is 4.90 Å². The molecule has 19 heavy (non-hydrogen) atoms. The molecule has 1 aromatic carbocycles. The number of likely N-dealkylation sites (N-methyl/N-ethyl adjacent to an activating group) is 1. The number of nitro groups is 1. The molecule has 1 atom stereocenters. The fraction of sp³-hybridized carbons (Fsp3) is 0.500. The maximum atomic E-state index is 11.1. The van der Waals surface area contributed by atoms with E-state index in [-0.39, 0.29) is 16.7 Å². The number of piperazine rings is 1. The third-order valence-electron chi connectivity index (χ3n) is 3.40. The van der Waals surface area contributed by atoms with Crippen LogP contribution in [-0.4, -0.2) is 49.1 Å². The number of nitrogens with zero attached hydrogens (tertiary/aromatic N) is 3. The summed E-state index contributed by atoms with van der Waals surface area (Å²) in [5.74, 6) is 0. The number of nitrogens with two attached hydrogens (primary N) is 1. The van der Waals surface area contributed by atoms with E-state index in [0.29, 0.717) is 23.8 Å². The van der Waals surface area contributed by atoms with Crippen LogP contribution in [0.25, 0.3) is 0 Å². The number of hydrogen-bond acceptors (Lipinski definition) is 5. The lowest BCUT2D eigenvalue weighted by Gasteiger charge is -2.40. The largest absolute Gasteiger partial charge is 0.359 e. The molecule has 1 aromatic rings. The first-order chi connectivity index (χ1) is 9.02. The minimum Gasteiger partial charge on any atom is -0.359 e. The van der Waals surface area contributed by atoms with Gasteiger partial charge in [0.2, 0.25) is 0 Å². The molecule has 0 bridgehead atoms. The molecular weight excluding hydrogens is 268 g/mol. The van der Waals surface area contributed by atoms with E-state index in [1.54, 1.807) is 6.07 Å². The molecule has 104 valence electrons. The summed E-state index contributed by atoms with van der Waals surface area (Å²) in [5, 5.41) is 11.6. The summed E-state index contributed by atoms with van der Waals surface area (Å²) in [6, 6.07) is 4.70. The second-order valence-corrected chi connectivity index (χ2v) is 5.17. The monoisotopic (exact) mass is 284 g/mol. The second kappa shape index (κ2) is 5.73. The van der Waals surface area contributed by atoms with Crippen LogP contribution in [0.5, 0.6) is 0 Å². The molecule has 0 aliphatic carbocycles. The van der Waals surface area contributed by atoms with Gasteiger partial charge >= 0.3 is 0 Å². The Morgan fingerprint density at radius 2 is 2.26 bits per heavy atom. The Bertz CT molecular complexity index is 483. The van der Waals surface area contributed by atoms with Gasteiger partial charge in [-0.15, -0.1) is 0 Å². The molecule has 0 saturated carbocycles. The van der Waals surface area contributed by atoms with Gasteiger partial charge in [0, 0.05) is 37.3 Å². The average molecular weight is 285 g/mol. The number of hydrogen-bond donors (Lipinski definition) is 1. The topological polar surface area (TPSA) is 75.6 Å². The lowest BCUT2D eigenvalue weighted by Crippen LogP contribution is -2.55. The lowest BCUT2D eigenvalue weighted by atomic mass is 10.1. The minimum absolute atomic E-state index is 0.0657. The van der Waals surface area contributed by atoms with E-state index in [4.69, 9.17) is 17.3 Å². The first-order valence-corrected chi connectivity index (χ1v) is 6.50. The van der Waals surface area contributed by atoms with Crippen molar-refractivity contribution in [3.8, 4) is 0 Å². The van der Waals surface area contributed by atoms with Gasteiger partial charge in [0.25, 0.3) is 5.69 Å². The summed E-state index contributed by atoms with van der Waals surface area (Å²) in [7, 11) is 2.02. The predicted molar refractivity (Wildman–Crippen MR) is 75.8 cm³/mol. The molecule has 0 aromatic heterocycles. The molecule has 0 spiro atoms. The van der Waals surface area contributed by atoms with Crippen molar-refractivity contribution in [3.05, 3.63) is 33.3 Å². The summed E-state index contributed by atoms with van der Waals surface area (Å²) < 4.78 is 0. The molecule has 1 saturated heterocycles. The summed E-state index contributed by atoms with van der Waals surface area (Å²) in [6.45, 7) is 2.80. The fourth-order valence-corrected chi connectivity index (χ4v) is 2.58. The van der Waals surface area contributed by atoms with Crippen molar-refractivity contribution in [3.63, 3.8) is 0 Å². The third kappa shape index (κ3) is 2.97. The summed E-state index contributed by atoms with van der Waals surface area (Å²) >= 11 is 5.97. The van der Waals surface area contributed by atoms with E-state index in [0.717, 1.165) is 13.1 Å². The van der Waals surface area contributed by atoms with Gasteiger partial charge in [0.15, 0.2) is 0 Å². The first kappa shape index (κ1) is 14.0. The van der Waals surface area contributed by atoms with Crippen LogP contribution >= 0.6 is 11.6 Å². The minimum atomic E-state index is -0.377. The van der Waals surface area contributed by atoms with Crippen LogP contribution in [0.3, 0.4) is 0 Å². The Morgan fingerprint density at radius 3 is 2.89 bits per heavy atom. The highest BCUT2D eigenvalue weighted by Gasteiger charge is 2.29. The van der Waals surface area contributed by atoms with Crippen molar-refractivity contribution in [2.24, 2.45) is 5.73 Å². The van der Waals surface area contributed by atoms with Crippen molar-refractivity contribution < 1.29 is 4.92 Å². The molecule has 1 fully saturated rings. The van der Waals surface area contributed by atoms with Gasteiger partial charge in [0.1, 0.15) is 5.69 Å². The normalized spacial score (nSPS) is 20.6. The predicted octanol–water partition coefficient (Wildman–Crippen LogP) is 1.33. The zero-order chi connectivity index (χ0) is 14.0. The Hall–Kier alpha value is -1.37. The van der Waals surface area contributed by atoms with Crippen LogP contribution < -0.4 is 10.6 Å². The van der Waals surface area contributed by atoms with E-state index < -0.39 is 0 Å². The number of rotatable bonds is 3. The van der Waals surface area contributed by atoms with Crippen molar-refractivity contribution in [2.45, 2.75) is 6.04 Å². The van der Waals surface area contributed by atoms with Crippen LogP contribution in [0, 0.1) is 10.1 Å². The van der Waals surface area contributed by atoms with Gasteiger partial charge in [-0.05, 0) is 19.2 Å². The van der Waals surface area contributed by atoms with E-state index in [9.17, 15) is 10.1 Å². The van der Waals surface area contributed by atoms with E-state index in [1.165, 1.54) is 12.1 Å². The highest BCUT2D eigenvalue weighted by Crippen LogP contribution is 2.33. The van der Waals surface area contributed by atoms with Crippen LogP contribution in [0.15, 0.2) is 18.2 Å². The number of halogens is 1. The molecule has 7 heteroatoms. The van der Waals surface area contributed by atoms with Gasteiger partial charge in [-0.1, -0.05) is 11.6 Å². The van der Waals surface area contributed by atoms with Gasteiger partial charge in [-0.3, -0.25) is 10.1 Å². The lowest BCUT2D eigenvalue weighted by molar-refractivity contribution is -0.384. The van der Waals surface area contributed by atoms with Crippen molar-refractivity contribution in [1.29, 1.82) is 0 Å². The molecule has 6 nitrogen and oxygen atoms in total. The summed E-state index contributed by atoms with van der Waals surface area (Å²) in [6.07, 6.45) is 0. The molecule has 1 aliphatic heterocycles. The summed E-state index contributed by atoms with van der Waals surface area (Å²) in [4.78, 5) is 14.9. The van der Waals surface area contributed by atoms with Crippen molar-refractivity contribution >= 4 is 23.0 Å². The number of nitro benzene ring substituents is 1. The van der Waals surface area contributed by atoms with E-state index in [1.807, 2.05) is 11.9 Å². The first-order valence-electron chi connectivity index (χ1n) is 6.12.